The Morgan fingerprint density at radius 2 is 2.11 bits per heavy atom. The fraction of sp³-hybridized carbons (Fsp3) is 0.538. The lowest BCUT2D eigenvalue weighted by Gasteiger charge is -2.28. The van der Waals surface area contributed by atoms with Gasteiger partial charge in [-0.1, -0.05) is 0 Å². The average molecular weight is 268 g/mol. The Bertz CT molecular complexity index is 465. The van der Waals surface area contributed by atoms with E-state index in [1.165, 1.54) is 4.90 Å². The summed E-state index contributed by atoms with van der Waals surface area (Å²) in [5.74, 6) is -0.178. The minimum Gasteiger partial charge on any atom is -0.481 e. The van der Waals surface area contributed by atoms with E-state index in [1.54, 1.807) is 27.2 Å². The molecule has 2 N–H and O–H groups in total. The molecule has 0 aliphatic heterocycles. The van der Waals surface area contributed by atoms with E-state index in [1.807, 2.05) is 13.0 Å². The van der Waals surface area contributed by atoms with Crippen LogP contribution in [0.15, 0.2) is 16.7 Å². The maximum absolute atomic E-state index is 12.0. The smallest absolute Gasteiger partial charge is 0.317 e. The molecule has 0 aliphatic carbocycles. The molecule has 1 aromatic rings. The molecule has 6 nitrogen and oxygen atoms in total. The number of aliphatic carboxylic acids is 1. The topological polar surface area (TPSA) is 82.8 Å². The van der Waals surface area contributed by atoms with E-state index in [0.717, 1.165) is 11.3 Å². The molecule has 0 radical (unpaired) electrons. The summed E-state index contributed by atoms with van der Waals surface area (Å²) >= 11 is 0. The van der Waals surface area contributed by atoms with Crippen LogP contribution in [0.25, 0.3) is 0 Å². The van der Waals surface area contributed by atoms with Crippen LogP contribution in [0.4, 0.5) is 4.79 Å². The van der Waals surface area contributed by atoms with Crippen LogP contribution in [-0.4, -0.2) is 34.6 Å². The molecule has 19 heavy (non-hydrogen) atoms. The molecule has 0 unspecified atom stereocenters. The molecule has 0 aliphatic rings. The zero-order valence-electron chi connectivity index (χ0n) is 11.7. The van der Waals surface area contributed by atoms with E-state index in [0.29, 0.717) is 6.54 Å². The van der Waals surface area contributed by atoms with Crippen molar-refractivity contribution in [3.05, 3.63) is 23.7 Å². The summed E-state index contributed by atoms with van der Waals surface area (Å²) in [6, 6.07) is 1.49. The SMILES string of the molecule is Cc1occc1CN(C)C(=O)NC(C)(C)CC(=O)O. The number of nitrogens with zero attached hydrogens (tertiary/aromatic N) is 1. The van der Waals surface area contributed by atoms with Crippen molar-refractivity contribution in [2.75, 3.05) is 7.05 Å². The van der Waals surface area contributed by atoms with Crippen molar-refractivity contribution in [3.63, 3.8) is 0 Å². The van der Waals surface area contributed by atoms with Crippen molar-refractivity contribution in [1.82, 2.24) is 10.2 Å². The number of rotatable bonds is 5. The minimum atomic E-state index is -0.946. The van der Waals surface area contributed by atoms with E-state index in [-0.39, 0.29) is 12.5 Å². The van der Waals surface area contributed by atoms with Crippen molar-refractivity contribution >= 4 is 12.0 Å². The van der Waals surface area contributed by atoms with Gasteiger partial charge in [-0.05, 0) is 26.8 Å². The highest BCUT2D eigenvalue weighted by Crippen LogP contribution is 2.13. The number of nitrogens with one attached hydrogen (secondary N) is 1. The molecule has 1 rings (SSSR count). The van der Waals surface area contributed by atoms with Crippen LogP contribution >= 0.6 is 0 Å². The monoisotopic (exact) mass is 268 g/mol. The van der Waals surface area contributed by atoms with Crippen LogP contribution < -0.4 is 5.32 Å². The molecule has 6 heteroatoms. The minimum absolute atomic E-state index is 0.128. The Morgan fingerprint density at radius 3 is 2.58 bits per heavy atom. The number of carboxylic acids is 1. The summed E-state index contributed by atoms with van der Waals surface area (Å²) < 4.78 is 5.16. The number of hydrogen-bond acceptors (Lipinski definition) is 3. The van der Waals surface area contributed by atoms with E-state index in [2.05, 4.69) is 5.32 Å². The van der Waals surface area contributed by atoms with Gasteiger partial charge in [0.25, 0.3) is 0 Å². The quantitative estimate of drug-likeness (QED) is 0.855. The normalized spacial score (nSPS) is 11.2. The van der Waals surface area contributed by atoms with E-state index in [9.17, 15) is 9.59 Å². The van der Waals surface area contributed by atoms with Crippen LogP contribution in [0.5, 0.6) is 0 Å². The van der Waals surface area contributed by atoms with Gasteiger partial charge in [0, 0.05) is 18.2 Å². The molecule has 1 aromatic heterocycles. The lowest BCUT2D eigenvalue weighted by molar-refractivity contribution is -0.138. The first-order valence-electron chi connectivity index (χ1n) is 5.99. The summed E-state index contributed by atoms with van der Waals surface area (Å²) in [6.45, 7) is 5.60. The number of hydrogen-bond donors (Lipinski definition) is 2. The molecule has 0 saturated carbocycles. The Morgan fingerprint density at radius 1 is 1.47 bits per heavy atom. The highest BCUT2D eigenvalue weighted by Gasteiger charge is 2.25. The summed E-state index contributed by atoms with van der Waals surface area (Å²) in [6.07, 6.45) is 1.45. The second-order valence-corrected chi connectivity index (χ2v) is 5.24. The van der Waals surface area contributed by atoms with Gasteiger partial charge in [-0.15, -0.1) is 0 Å². The lowest BCUT2D eigenvalue weighted by atomic mass is 10.0. The molecule has 0 aromatic carbocycles. The first-order chi connectivity index (χ1) is 8.71. The fourth-order valence-corrected chi connectivity index (χ4v) is 1.71. The van der Waals surface area contributed by atoms with Gasteiger partial charge in [0.2, 0.25) is 0 Å². The molecule has 0 bridgehead atoms. The number of carboxylic acid groups (broad SMARTS) is 1. The van der Waals surface area contributed by atoms with Crippen LogP contribution in [0.3, 0.4) is 0 Å². The third-order valence-corrected chi connectivity index (χ3v) is 2.76. The summed E-state index contributed by atoms with van der Waals surface area (Å²) in [4.78, 5) is 24.1. The predicted molar refractivity (Wildman–Crippen MR) is 69.8 cm³/mol. The van der Waals surface area contributed by atoms with Gasteiger partial charge in [0.1, 0.15) is 5.76 Å². The number of furan rings is 1. The Balaban J connectivity index is 2.58. The van der Waals surface area contributed by atoms with Crippen molar-refractivity contribution in [2.45, 2.75) is 39.3 Å². The van der Waals surface area contributed by atoms with Gasteiger partial charge in [-0.2, -0.15) is 0 Å². The van der Waals surface area contributed by atoms with Gasteiger partial charge in [-0.25, -0.2) is 4.79 Å². The molecular formula is C13H20N2O4. The predicted octanol–water partition coefficient (Wildman–Crippen LogP) is 1.98. The largest absolute Gasteiger partial charge is 0.481 e. The van der Waals surface area contributed by atoms with Crippen LogP contribution in [-0.2, 0) is 11.3 Å². The van der Waals surface area contributed by atoms with Crippen molar-refractivity contribution in [1.29, 1.82) is 0 Å². The third kappa shape index (κ3) is 4.65. The Kier molecular flexibility index (Phi) is 4.58. The van der Waals surface area contributed by atoms with Gasteiger partial charge in [0.15, 0.2) is 0 Å². The van der Waals surface area contributed by atoms with Crippen LogP contribution in [0, 0.1) is 6.92 Å². The molecule has 0 saturated heterocycles. The van der Waals surface area contributed by atoms with Crippen LogP contribution in [0.1, 0.15) is 31.6 Å². The third-order valence-electron chi connectivity index (χ3n) is 2.76. The molecule has 106 valence electrons. The standard InChI is InChI=1S/C13H20N2O4/c1-9-10(5-6-19-9)8-15(4)12(18)14-13(2,3)7-11(16)17/h5-6H,7-8H2,1-4H3,(H,14,18)(H,16,17). The summed E-state index contributed by atoms with van der Waals surface area (Å²) in [7, 11) is 1.65. The van der Waals surface area contributed by atoms with Gasteiger partial charge in [-0.3, -0.25) is 4.79 Å². The lowest BCUT2D eigenvalue weighted by Crippen LogP contribution is -2.49. The highest BCUT2D eigenvalue weighted by atomic mass is 16.4. The van der Waals surface area contributed by atoms with Crippen LogP contribution in [0.2, 0.25) is 0 Å². The zero-order valence-corrected chi connectivity index (χ0v) is 11.7. The number of carbonyl (C=O) groups is 2. The van der Waals surface area contributed by atoms with Gasteiger partial charge in [0.05, 0.1) is 19.2 Å². The van der Waals surface area contributed by atoms with E-state index in [4.69, 9.17) is 9.52 Å². The zero-order chi connectivity index (χ0) is 14.6. The second-order valence-electron chi connectivity index (χ2n) is 5.24. The molecule has 2 amide bonds. The van der Waals surface area contributed by atoms with Crippen molar-refractivity contribution in [3.8, 4) is 0 Å². The molecule has 0 fully saturated rings. The summed E-state index contributed by atoms with van der Waals surface area (Å²) in [5, 5.41) is 11.5. The number of aryl methyl sites for hydroxylation is 1. The number of urea groups is 1. The first-order valence-corrected chi connectivity index (χ1v) is 5.99. The van der Waals surface area contributed by atoms with Crippen molar-refractivity contribution < 1.29 is 19.1 Å². The van der Waals surface area contributed by atoms with E-state index >= 15 is 0 Å². The number of carbonyl (C=O) groups excluding carboxylic acids is 1. The van der Waals surface area contributed by atoms with E-state index < -0.39 is 11.5 Å². The maximum atomic E-state index is 12.0. The second kappa shape index (κ2) is 5.77. The van der Waals surface area contributed by atoms with Gasteiger partial charge >= 0.3 is 12.0 Å². The maximum Gasteiger partial charge on any atom is 0.317 e. The fourth-order valence-electron chi connectivity index (χ4n) is 1.71. The average Bonchev–Trinajstić information content (AvgIpc) is 2.61. The summed E-state index contributed by atoms with van der Waals surface area (Å²) in [5.41, 5.74) is 0.136. The molecule has 0 atom stereocenters. The highest BCUT2D eigenvalue weighted by molar-refractivity contribution is 5.76. The molecule has 1 heterocycles. The van der Waals surface area contributed by atoms with Crippen molar-refractivity contribution in [2.24, 2.45) is 0 Å². The molecule has 0 spiro atoms. The Hall–Kier alpha value is -1.98. The van der Waals surface area contributed by atoms with Gasteiger partial charge < -0.3 is 19.7 Å². The number of amides is 2. The first kappa shape index (κ1) is 15.1. The Labute approximate surface area is 112 Å². The molecular weight excluding hydrogens is 248 g/mol.